The Labute approximate surface area is 135 Å². The Kier molecular flexibility index (Phi) is 5.32. The molecule has 0 amide bonds. The molecule has 0 aromatic carbocycles. The normalized spacial score (nSPS) is 39.5. The molecule has 124 valence electrons. The van der Waals surface area contributed by atoms with Gasteiger partial charge in [-0.2, -0.15) is 0 Å². The summed E-state index contributed by atoms with van der Waals surface area (Å²) in [5, 5.41) is 9.97. The second kappa shape index (κ2) is 6.70. The van der Waals surface area contributed by atoms with E-state index in [0.29, 0.717) is 18.4 Å². The molecule has 1 N–H and O–H groups in total. The van der Waals surface area contributed by atoms with E-state index in [9.17, 15) is 9.90 Å². The van der Waals surface area contributed by atoms with Gasteiger partial charge in [-0.05, 0) is 74.2 Å². The first-order valence-corrected chi connectivity index (χ1v) is 8.77. The molecule has 2 aliphatic rings. The lowest BCUT2D eigenvalue weighted by atomic mass is 9.47. The fraction of sp³-hybridized carbons (Fsp3) is 0.750. The van der Waals surface area contributed by atoms with Crippen LogP contribution in [0.3, 0.4) is 0 Å². The number of aliphatic hydroxyl groups is 1. The minimum atomic E-state index is 0.0691. The second-order valence-corrected chi connectivity index (χ2v) is 8.16. The van der Waals surface area contributed by atoms with Gasteiger partial charge in [-0.15, -0.1) is 0 Å². The van der Waals surface area contributed by atoms with Crippen molar-refractivity contribution in [3.63, 3.8) is 0 Å². The van der Waals surface area contributed by atoms with Crippen molar-refractivity contribution >= 4 is 6.29 Å². The second-order valence-electron chi connectivity index (χ2n) is 8.16. The Bertz CT molecular complexity index is 464. The molecular weight excluding hydrogens is 272 g/mol. The molecule has 2 aliphatic carbocycles. The third kappa shape index (κ3) is 3.08. The van der Waals surface area contributed by atoms with Gasteiger partial charge in [0.25, 0.3) is 0 Å². The van der Waals surface area contributed by atoms with Crippen LogP contribution in [0.5, 0.6) is 0 Å². The van der Waals surface area contributed by atoms with Gasteiger partial charge in [0, 0.05) is 6.61 Å². The Hall–Kier alpha value is -0.890. The van der Waals surface area contributed by atoms with E-state index in [-0.39, 0.29) is 10.8 Å². The standard InChI is InChI=1S/C20H32O2/c1-15(10-13-21)6-8-17-16(2)7-9-18-19(3,14-22)11-5-12-20(17,18)4/h10,13,17-18,22H,2,5-9,11-12,14H2,1,3-4H3/b15-10+/t17-,18+,19-,20-/m0/s1. The van der Waals surface area contributed by atoms with Crippen molar-refractivity contribution < 1.29 is 9.90 Å². The molecule has 2 heteroatoms. The molecule has 0 unspecified atom stereocenters. The van der Waals surface area contributed by atoms with Gasteiger partial charge in [-0.25, -0.2) is 0 Å². The van der Waals surface area contributed by atoms with Gasteiger partial charge >= 0.3 is 0 Å². The van der Waals surface area contributed by atoms with Crippen molar-refractivity contribution in [1.29, 1.82) is 0 Å². The molecule has 22 heavy (non-hydrogen) atoms. The van der Waals surface area contributed by atoms with E-state index in [1.165, 1.54) is 24.8 Å². The quantitative estimate of drug-likeness (QED) is 0.455. The summed E-state index contributed by atoms with van der Waals surface area (Å²) in [6.07, 6.45) is 10.5. The fourth-order valence-corrected chi connectivity index (χ4v) is 5.38. The molecule has 0 heterocycles. The molecule has 4 atom stereocenters. The molecule has 0 aliphatic heterocycles. The molecule has 0 saturated heterocycles. The molecule has 2 rings (SSSR count). The van der Waals surface area contributed by atoms with Crippen LogP contribution in [0.15, 0.2) is 23.8 Å². The highest BCUT2D eigenvalue weighted by Crippen LogP contribution is 2.61. The van der Waals surface area contributed by atoms with E-state index in [2.05, 4.69) is 20.4 Å². The highest BCUT2D eigenvalue weighted by Gasteiger charge is 2.53. The third-order valence-corrected chi connectivity index (χ3v) is 6.68. The van der Waals surface area contributed by atoms with Crippen LogP contribution in [0.1, 0.15) is 65.7 Å². The van der Waals surface area contributed by atoms with E-state index < -0.39 is 0 Å². The lowest BCUT2D eigenvalue weighted by Crippen LogP contribution is -2.51. The number of fused-ring (bicyclic) bond motifs is 1. The first kappa shape index (κ1) is 17.5. The average molecular weight is 304 g/mol. The van der Waals surface area contributed by atoms with Crippen LogP contribution in [-0.2, 0) is 4.79 Å². The van der Waals surface area contributed by atoms with Crippen LogP contribution in [0, 0.1) is 22.7 Å². The molecule has 0 spiro atoms. The Morgan fingerprint density at radius 3 is 2.77 bits per heavy atom. The van der Waals surface area contributed by atoms with Crippen molar-refractivity contribution in [1.82, 2.24) is 0 Å². The summed E-state index contributed by atoms with van der Waals surface area (Å²) in [6, 6.07) is 0. The number of allylic oxidation sites excluding steroid dienone is 3. The van der Waals surface area contributed by atoms with E-state index in [0.717, 1.165) is 37.5 Å². The van der Waals surface area contributed by atoms with Crippen LogP contribution in [0.25, 0.3) is 0 Å². The smallest absolute Gasteiger partial charge is 0.142 e. The lowest BCUT2D eigenvalue weighted by Gasteiger charge is -2.58. The number of aliphatic hydroxyl groups excluding tert-OH is 1. The predicted octanol–water partition coefficient (Wildman–Crippen LogP) is 4.68. The number of hydrogen-bond donors (Lipinski definition) is 1. The lowest BCUT2D eigenvalue weighted by molar-refractivity contribution is -0.104. The molecule has 2 nitrogen and oxygen atoms in total. The fourth-order valence-electron chi connectivity index (χ4n) is 5.38. The third-order valence-electron chi connectivity index (χ3n) is 6.68. The molecule has 0 aromatic rings. The van der Waals surface area contributed by atoms with Crippen LogP contribution < -0.4 is 0 Å². The molecule has 0 aromatic heterocycles. The molecule has 0 radical (unpaired) electrons. The zero-order valence-electron chi connectivity index (χ0n) is 14.5. The number of rotatable bonds is 5. The predicted molar refractivity (Wildman–Crippen MR) is 91.6 cm³/mol. The minimum absolute atomic E-state index is 0.0691. The summed E-state index contributed by atoms with van der Waals surface area (Å²) >= 11 is 0. The van der Waals surface area contributed by atoms with E-state index in [1.54, 1.807) is 6.08 Å². The van der Waals surface area contributed by atoms with Crippen molar-refractivity contribution in [2.24, 2.45) is 22.7 Å². The van der Waals surface area contributed by atoms with Crippen molar-refractivity contribution in [3.05, 3.63) is 23.8 Å². The number of aldehydes is 1. The number of carbonyl (C=O) groups is 1. The topological polar surface area (TPSA) is 37.3 Å². The first-order chi connectivity index (χ1) is 10.4. The summed E-state index contributed by atoms with van der Waals surface area (Å²) < 4.78 is 0. The SMILES string of the molecule is C=C1CC[C@@H]2[C@](C)(CO)CCC[C@@]2(C)[C@H]1CC/C(C)=C/C=O. The molecular formula is C20H32O2. The van der Waals surface area contributed by atoms with Crippen LogP contribution in [-0.4, -0.2) is 18.0 Å². The van der Waals surface area contributed by atoms with E-state index >= 15 is 0 Å². The van der Waals surface area contributed by atoms with Gasteiger partial charge in [-0.3, -0.25) is 4.79 Å². The zero-order valence-corrected chi connectivity index (χ0v) is 14.5. The van der Waals surface area contributed by atoms with Gasteiger partial charge in [0.1, 0.15) is 6.29 Å². The maximum Gasteiger partial charge on any atom is 0.142 e. The van der Waals surface area contributed by atoms with Crippen molar-refractivity contribution in [2.75, 3.05) is 6.61 Å². The van der Waals surface area contributed by atoms with Gasteiger partial charge < -0.3 is 5.11 Å². The van der Waals surface area contributed by atoms with Gasteiger partial charge in [0.15, 0.2) is 0 Å². The Morgan fingerprint density at radius 2 is 2.14 bits per heavy atom. The number of carbonyl (C=O) groups excluding carboxylic acids is 1. The highest BCUT2D eigenvalue weighted by molar-refractivity contribution is 5.65. The van der Waals surface area contributed by atoms with E-state index in [1.807, 2.05) is 6.92 Å². The monoisotopic (exact) mass is 304 g/mol. The largest absolute Gasteiger partial charge is 0.396 e. The average Bonchev–Trinajstić information content (AvgIpc) is 2.46. The summed E-state index contributed by atoms with van der Waals surface area (Å²) in [6.45, 7) is 11.4. The van der Waals surface area contributed by atoms with Crippen molar-refractivity contribution in [2.45, 2.75) is 65.7 Å². The Morgan fingerprint density at radius 1 is 1.41 bits per heavy atom. The summed E-state index contributed by atoms with van der Waals surface area (Å²) in [4.78, 5) is 10.6. The minimum Gasteiger partial charge on any atom is -0.396 e. The van der Waals surface area contributed by atoms with Gasteiger partial charge in [0.2, 0.25) is 0 Å². The van der Waals surface area contributed by atoms with Crippen LogP contribution in [0.4, 0.5) is 0 Å². The van der Waals surface area contributed by atoms with Gasteiger partial charge in [-0.1, -0.05) is 38.0 Å². The van der Waals surface area contributed by atoms with Crippen LogP contribution >= 0.6 is 0 Å². The van der Waals surface area contributed by atoms with Gasteiger partial charge in [0.05, 0.1) is 0 Å². The summed E-state index contributed by atoms with van der Waals surface area (Å²) in [7, 11) is 0. The first-order valence-electron chi connectivity index (χ1n) is 8.77. The van der Waals surface area contributed by atoms with Crippen molar-refractivity contribution in [3.8, 4) is 0 Å². The maximum absolute atomic E-state index is 10.6. The molecule has 2 saturated carbocycles. The van der Waals surface area contributed by atoms with E-state index in [4.69, 9.17) is 0 Å². The Balaban J connectivity index is 2.22. The zero-order chi connectivity index (χ0) is 16.4. The summed E-state index contributed by atoms with van der Waals surface area (Å²) in [5.74, 6) is 1.11. The molecule has 0 bridgehead atoms. The van der Waals surface area contributed by atoms with Crippen LogP contribution in [0.2, 0.25) is 0 Å². The summed E-state index contributed by atoms with van der Waals surface area (Å²) in [5.41, 5.74) is 2.88. The number of hydrogen-bond acceptors (Lipinski definition) is 2. The molecule has 2 fully saturated rings. The highest BCUT2D eigenvalue weighted by atomic mass is 16.3. The maximum atomic E-state index is 10.6.